The Morgan fingerprint density at radius 2 is 1.88 bits per heavy atom. The molecule has 2 heterocycles. The van der Waals surface area contributed by atoms with Gasteiger partial charge in [0.2, 0.25) is 0 Å². The number of carboxylic acid groups (broad SMARTS) is 1. The van der Waals surface area contributed by atoms with Gasteiger partial charge in [0.05, 0.1) is 11.9 Å². The number of piperidine rings is 1. The highest BCUT2D eigenvalue weighted by Crippen LogP contribution is 2.40. The molecule has 0 bridgehead atoms. The number of likely N-dealkylation sites (tertiary alicyclic amines) is 1. The number of hydrogen-bond donors (Lipinski definition) is 2. The molecule has 134 valence electrons. The van der Waals surface area contributed by atoms with E-state index in [0.29, 0.717) is 46.4 Å². The standard InChI is InChI=1S/C16H17Br2FN4O2/c1-16(2-4-22(5-3-16)15(24)25)10-8-21-23(14(10)20)13-11(17)6-9(19)7-12(13)18/h6-8H,2-5,20H2,1H3,(H,24,25). The first-order chi connectivity index (χ1) is 11.7. The zero-order chi connectivity index (χ0) is 18.4. The molecule has 1 fully saturated rings. The summed E-state index contributed by atoms with van der Waals surface area (Å²) in [5, 5.41) is 13.5. The van der Waals surface area contributed by atoms with Crippen molar-refractivity contribution in [1.29, 1.82) is 0 Å². The molecule has 3 N–H and O–H groups in total. The summed E-state index contributed by atoms with van der Waals surface area (Å²) in [7, 11) is 0. The van der Waals surface area contributed by atoms with Gasteiger partial charge in [-0.1, -0.05) is 6.92 Å². The van der Waals surface area contributed by atoms with Crippen LogP contribution in [0.3, 0.4) is 0 Å². The average molecular weight is 476 g/mol. The van der Waals surface area contributed by atoms with Crippen LogP contribution >= 0.6 is 31.9 Å². The first kappa shape index (κ1) is 18.2. The average Bonchev–Trinajstić information content (AvgIpc) is 2.89. The number of nitrogen functional groups attached to an aromatic ring is 1. The number of rotatable bonds is 2. The molecule has 0 spiro atoms. The van der Waals surface area contributed by atoms with Gasteiger partial charge in [-0.15, -0.1) is 0 Å². The van der Waals surface area contributed by atoms with Crippen LogP contribution in [-0.2, 0) is 5.41 Å². The van der Waals surface area contributed by atoms with E-state index in [2.05, 4.69) is 43.9 Å². The Hall–Kier alpha value is -1.61. The van der Waals surface area contributed by atoms with E-state index in [1.54, 1.807) is 10.9 Å². The molecule has 1 saturated heterocycles. The molecule has 9 heteroatoms. The van der Waals surface area contributed by atoms with E-state index in [4.69, 9.17) is 10.8 Å². The van der Waals surface area contributed by atoms with Gasteiger partial charge < -0.3 is 15.7 Å². The number of hydrogen-bond acceptors (Lipinski definition) is 3. The smallest absolute Gasteiger partial charge is 0.407 e. The van der Waals surface area contributed by atoms with Crippen LogP contribution in [0.2, 0.25) is 0 Å². The number of halogens is 3. The third kappa shape index (κ3) is 3.27. The molecular weight excluding hydrogens is 459 g/mol. The second-order valence-corrected chi connectivity index (χ2v) is 8.11. The fourth-order valence-electron chi connectivity index (χ4n) is 3.20. The highest BCUT2D eigenvalue weighted by atomic mass is 79.9. The minimum absolute atomic E-state index is 0.257. The quantitative estimate of drug-likeness (QED) is 0.683. The van der Waals surface area contributed by atoms with Crippen molar-refractivity contribution in [3.05, 3.63) is 38.7 Å². The van der Waals surface area contributed by atoms with Crippen molar-refractivity contribution in [1.82, 2.24) is 14.7 Å². The van der Waals surface area contributed by atoms with Crippen molar-refractivity contribution in [2.45, 2.75) is 25.2 Å². The molecule has 1 aliphatic rings. The van der Waals surface area contributed by atoms with Crippen molar-refractivity contribution in [3.63, 3.8) is 0 Å². The zero-order valence-electron chi connectivity index (χ0n) is 13.5. The minimum Gasteiger partial charge on any atom is -0.465 e. The number of amides is 1. The third-order valence-electron chi connectivity index (χ3n) is 4.79. The summed E-state index contributed by atoms with van der Waals surface area (Å²) < 4.78 is 16.1. The predicted octanol–water partition coefficient (Wildman–Crippen LogP) is 4.15. The normalized spacial score (nSPS) is 16.9. The minimum atomic E-state index is -0.898. The first-order valence-corrected chi connectivity index (χ1v) is 9.28. The molecular formula is C16H17Br2FN4O2. The van der Waals surface area contributed by atoms with Crippen LogP contribution in [0.4, 0.5) is 15.0 Å². The number of nitrogens with two attached hydrogens (primary N) is 1. The van der Waals surface area contributed by atoms with Gasteiger partial charge in [0.1, 0.15) is 11.6 Å². The molecule has 6 nitrogen and oxygen atoms in total. The number of carbonyl (C=O) groups is 1. The van der Waals surface area contributed by atoms with Crippen molar-refractivity contribution >= 4 is 43.8 Å². The Morgan fingerprint density at radius 3 is 2.40 bits per heavy atom. The predicted molar refractivity (Wildman–Crippen MR) is 99.5 cm³/mol. The molecule has 1 aromatic heterocycles. The van der Waals surface area contributed by atoms with E-state index in [9.17, 15) is 9.18 Å². The molecule has 1 aliphatic heterocycles. The lowest BCUT2D eigenvalue weighted by Crippen LogP contribution is -2.43. The molecule has 1 aromatic carbocycles. The maximum atomic E-state index is 13.5. The SMILES string of the molecule is CC1(c2cnn(-c3c(Br)cc(F)cc3Br)c2N)CCN(C(=O)O)CC1. The largest absolute Gasteiger partial charge is 0.465 e. The van der Waals surface area contributed by atoms with Gasteiger partial charge in [-0.3, -0.25) is 0 Å². The Balaban J connectivity index is 1.96. The summed E-state index contributed by atoms with van der Waals surface area (Å²) in [4.78, 5) is 12.5. The molecule has 0 unspecified atom stereocenters. The van der Waals surface area contributed by atoms with Crippen LogP contribution in [0.15, 0.2) is 27.3 Å². The van der Waals surface area contributed by atoms with E-state index < -0.39 is 6.09 Å². The van der Waals surface area contributed by atoms with Crippen molar-refractivity contribution in [3.8, 4) is 5.69 Å². The van der Waals surface area contributed by atoms with Gasteiger partial charge in [0, 0.05) is 33.0 Å². The summed E-state index contributed by atoms with van der Waals surface area (Å²) in [5.41, 5.74) is 7.60. The van der Waals surface area contributed by atoms with Crippen LogP contribution < -0.4 is 5.73 Å². The zero-order valence-corrected chi connectivity index (χ0v) is 16.6. The lowest BCUT2D eigenvalue weighted by atomic mass is 9.75. The second kappa shape index (κ2) is 6.60. The molecule has 2 aromatic rings. The lowest BCUT2D eigenvalue weighted by molar-refractivity contribution is 0.120. The molecule has 3 rings (SSSR count). The number of nitrogens with zero attached hydrogens (tertiary/aromatic N) is 3. The van der Waals surface area contributed by atoms with Gasteiger partial charge in [0.25, 0.3) is 0 Å². The molecule has 25 heavy (non-hydrogen) atoms. The van der Waals surface area contributed by atoms with E-state index in [1.807, 2.05) is 0 Å². The molecule has 0 atom stereocenters. The summed E-state index contributed by atoms with van der Waals surface area (Å²) in [6.45, 7) is 2.99. The van der Waals surface area contributed by atoms with Crippen LogP contribution in [0, 0.1) is 5.82 Å². The Kier molecular flexibility index (Phi) is 4.80. The lowest BCUT2D eigenvalue weighted by Gasteiger charge is -2.38. The Morgan fingerprint density at radius 1 is 1.32 bits per heavy atom. The Labute approximate surface area is 161 Å². The molecule has 1 amide bonds. The van der Waals surface area contributed by atoms with Crippen LogP contribution in [-0.4, -0.2) is 39.0 Å². The monoisotopic (exact) mass is 474 g/mol. The van der Waals surface area contributed by atoms with Crippen molar-refractivity contribution < 1.29 is 14.3 Å². The van der Waals surface area contributed by atoms with Crippen molar-refractivity contribution in [2.24, 2.45) is 0 Å². The van der Waals surface area contributed by atoms with E-state index in [0.717, 1.165) is 5.56 Å². The van der Waals surface area contributed by atoms with Gasteiger partial charge in [0.15, 0.2) is 0 Å². The van der Waals surface area contributed by atoms with Gasteiger partial charge >= 0.3 is 6.09 Å². The van der Waals surface area contributed by atoms with Crippen LogP contribution in [0.5, 0.6) is 0 Å². The number of benzene rings is 1. The van der Waals surface area contributed by atoms with E-state index in [1.165, 1.54) is 17.0 Å². The Bertz CT molecular complexity index is 809. The van der Waals surface area contributed by atoms with Crippen LogP contribution in [0.1, 0.15) is 25.3 Å². The highest BCUT2D eigenvalue weighted by Gasteiger charge is 2.36. The fraction of sp³-hybridized carbons (Fsp3) is 0.375. The molecule has 0 radical (unpaired) electrons. The van der Waals surface area contributed by atoms with Gasteiger partial charge in [-0.25, -0.2) is 13.9 Å². The maximum Gasteiger partial charge on any atom is 0.407 e. The van der Waals surface area contributed by atoms with E-state index in [-0.39, 0.29) is 11.2 Å². The topological polar surface area (TPSA) is 84.4 Å². The van der Waals surface area contributed by atoms with Gasteiger partial charge in [-0.2, -0.15) is 5.10 Å². The van der Waals surface area contributed by atoms with Crippen molar-refractivity contribution in [2.75, 3.05) is 18.8 Å². The molecule has 0 aliphatic carbocycles. The van der Waals surface area contributed by atoms with E-state index >= 15 is 0 Å². The fourth-order valence-corrected chi connectivity index (χ4v) is 4.67. The number of anilines is 1. The second-order valence-electron chi connectivity index (χ2n) is 6.40. The summed E-state index contributed by atoms with van der Waals surface area (Å²) in [5.74, 6) is 0.0979. The summed E-state index contributed by atoms with van der Waals surface area (Å²) in [6, 6.07) is 2.71. The summed E-state index contributed by atoms with van der Waals surface area (Å²) >= 11 is 6.71. The summed E-state index contributed by atoms with van der Waals surface area (Å²) in [6.07, 6.45) is 2.15. The van der Waals surface area contributed by atoms with Crippen LogP contribution in [0.25, 0.3) is 5.69 Å². The third-order valence-corrected chi connectivity index (χ3v) is 6.00. The maximum absolute atomic E-state index is 13.5. The number of aromatic nitrogens is 2. The highest BCUT2D eigenvalue weighted by molar-refractivity contribution is 9.11. The molecule has 0 saturated carbocycles. The first-order valence-electron chi connectivity index (χ1n) is 7.70. The van der Waals surface area contributed by atoms with Gasteiger partial charge in [-0.05, 0) is 56.8 Å².